The standard InChI is InChI=1S/C13H24O11/c1-21-12-10(19)9(18)7(16)5(24-12)3-22-13-11(20)8(17)6(15)4(2-14)23-13/h4-20H,2-3H2,1H3/t4-,5-,6-,7+,8+,9+,10-,11-,12-,13+/m1/s1. The maximum absolute atomic E-state index is 9.91. The Morgan fingerprint density at radius 2 is 1.21 bits per heavy atom. The van der Waals surface area contributed by atoms with Gasteiger partial charge in [-0.2, -0.15) is 0 Å². The van der Waals surface area contributed by atoms with Crippen molar-refractivity contribution in [2.24, 2.45) is 0 Å². The Bertz CT molecular complexity index is 356. The summed E-state index contributed by atoms with van der Waals surface area (Å²) in [7, 11) is 1.24. The third-order valence-electron chi connectivity index (χ3n) is 4.17. The molecule has 2 rings (SSSR count). The molecule has 0 aliphatic carbocycles. The molecule has 7 N–H and O–H groups in total. The first kappa shape index (κ1) is 19.9. The average Bonchev–Trinajstić information content (AvgIpc) is 2.58. The van der Waals surface area contributed by atoms with Crippen LogP contribution in [0.25, 0.3) is 0 Å². The molecule has 0 aromatic rings. The number of hydrogen-bond acceptors (Lipinski definition) is 11. The molecule has 0 aromatic carbocycles. The Morgan fingerprint density at radius 1 is 0.708 bits per heavy atom. The van der Waals surface area contributed by atoms with E-state index in [1.54, 1.807) is 0 Å². The van der Waals surface area contributed by atoms with E-state index in [0.717, 1.165) is 0 Å². The van der Waals surface area contributed by atoms with Crippen LogP contribution in [-0.2, 0) is 18.9 Å². The van der Waals surface area contributed by atoms with Crippen molar-refractivity contribution in [2.45, 2.75) is 61.4 Å². The number of aliphatic hydroxyl groups excluding tert-OH is 7. The zero-order chi connectivity index (χ0) is 18.0. The van der Waals surface area contributed by atoms with Crippen LogP contribution in [0.15, 0.2) is 0 Å². The zero-order valence-electron chi connectivity index (χ0n) is 13.0. The van der Waals surface area contributed by atoms with Crippen LogP contribution in [0.5, 0.6) is 0 Å². The van der Waals surface area contributed by atoms with Gasteiger partial charge in [-0.15, -0.1) is 0 Å². The predicted octanol–water partition coefficient (Wildman–Crippen LogP) is -4.74. The van der Waals surface area contributed by atoms with Gasteiger partial charge in [0.05, 0.1) is 13.2 Å². The van der Waals surface area contributed by atoms with E-state index in [4.69, 9.17) is 24.1 Å². The lowest BCUT2D eigenvalue weighted by Crippen LogP contribution is -2.61. The molecule has 2 aliphatic rings. The first-order valence-corrected chi connectivity index (χ1v) is 7.46. The molecule has 2 fully saturated rings. The van der Waals surface area contributed by atoms with E-state index >= 15 is 0 Å². The molecule has 142 valence electrons. The highest BCUT2D eigenvalue weighted by atomic mass is 16.7. The lowest BCUT2D eigenvalue weighted by molar-refractivity contribution is -0.328. The molecule has 0 saturated carbocycles. The summed E-state index contributed by atoms with van der Waals surface area (Å²) in [4.78, 5) is 0. The molecule has 0 amide bonds. The molecule has 10 atom stereocenters. The second kappa shape index (κ2) is 8.29. The number of rotatable bonds is 5. The largest absolute Gasteiger partial charge is 0.394 e. The van der Waals surface area contributed by atoms with E-state index in [1.807, 2.05) is 0 Å². The Kier molecular flexibility index (Phi) is 6.87. The first-order valence-electron chi connectivity index (χ1n) is 7.46. The average molecular weight is 356 g/mol. The van der Waals surface area contributed by atoms with Crippen molar-refractivity contribution in [3.05, 3.63) is 0 Å². The maximum Gasteiger partial charge on any atom is 0.186 e. The number of methoxy groups -OCH3 is 1. The van der Waals surface area contributed by atoms with Crippen LogP contribution in [0.3, 0.4) is 0 Å². The van der Waals surface area contributed by atoms with Crippen molar-refractivity contribution in [3.63, 3.8) is 0 Å². The van der Waals surface area contributed by atoms with Crippen molar-refractivity contribution < 1.29 is 54.7 Å². The van der Waals surface area contributed by atoms with E-state index in [1.165, 1.54) is 7.11 Å². The molecule has 0 radical (unpaired) electrons. The molecule has 11 nitrogen and oxygen atoms in total. The van der Waals surface area contributed by atoms with Crippen molar-refractivity contribution in [1.29, 1.82) is 0 Å². The molecule has 0 bridgehead atoms. The predicted molar refractivity (Wildman–Crippen MR) is 73.4 cm³/mol. The van der Waals surface area contributed by atoms with Crippen molar-refractivity contribution in [2.75, 3.05) is 20.3 Å². The van der Waals surface area contributed by atoms with E-state index < -0.39 is 68.0 Å². The maximum atomic E-state index is 9.91. The molecule has 2 heterocycles. The second-order valence-electron chi connectivity index (χ2n) is 5.78. The number of aliphatic hydroxyl groups is 7. The zero-order valence-corrected chi connectivity index (χ0v) is 13.0. The first-order chi connectivity index (χ1) is 11.3. The minimum Gasteiger partial charge on any atom is -0.394 e. The van der Waals surface area contributed by atoms with Gasteiger partial charge in [-0.3, -0.25) is 0 Å². The lowest BCUT2D eigenvalue weighted by atomic mass is 9.98. The highest BCUT2D eigenvalue weighted by Crippen LogP contribution is 2.25. The van der Waals surface area contributed by atoms with Crippen molar-refractivity contribution in [3.8, 4) is 0 Å². The van der Waals surface area contributed by atoms with Crippen LogP contribution in [0.1, 0.15) is 0 Å². The fourth-order valence-corrected chi connectivity index (χ4v) is 2.64. The van der Waals surface area contributed by atoms with Gasteiger partial charge in [-0.1, -0.05) is 0 Å². The van der Waals surface area contributed by atoms with Gasteiger partial charge in [-0.25, -0.2) is 0 Å². The molecule has 2 saturated heterocycles. The van der Waals surface area contributed by atoms with Crippen LogP contribution in [-0.4, -0.2) is 117 Å². The molecule has 24 heavy (non-hydrogen) atoms. The van der Waals surface area contributed by atoms with Gasteiger partial charge in [0.25, 0.3) is 0 Å². The minimum atomic E-state index is -1.60. The fraction of sp³-hybridized carbons (Fsp3) is 1.00. The topological polar surface area (TPSA) is 179 Å². The Morgan fingerprint density at radius 3 is 1.75 bits per heavy atom. The fourth-order valence-electron chi connectivity index (χ4n) is 2.64. The van der Waals surface area contributed by atoms with Crippen LogP contribution < -0.4 is 0 Å². The monoisotopic (exact) mass is 356 g/mol. The molecule has 0 unspecified atom stereocenters. The lowest BCUT2D eigenvalue weighted by Gasteiger charge is -2.42. The van der Waals surface area contributed by atoms with Gasteiger partial charge in [0.2, 0.25) is 0 Å². The Balaban J connectivity index is 1.96. The molecule has 2 aliphatic heterocycles. The third kappa shape index (κ3) is 3.86. The van der Waals surface area contributed by atoms with Crippen molar-refractivity contribution in [1.82, 2.24) is 0 Å². The summed E-state index contributed by atoms with van der Waals surface area (Å²) < 4.78 is 20.5. The molecular formula is C13H24O11. The molecule has 11 heteroatoms. The van der Waals surface area contributed by atoms with Crippen LogP contribution >= 0.6 is 0 Å². The van der Waals surface area contributed by atoms with Crippen LogP contribution in [0.2, 0.25) is 0 Å². The third-order valence-corrected chi connectivity index (χ3v) is 4.17. The summed E-state index contributed by atoms with van der Waals surface area (Å²) in [5.74, 6) is 0. The summed E-state index contributed by atoms with van der Waals surface area (Å²) in [6, 6.07) is 0. The van der Waals surface area contributed by atoms with Crippen LogP contribution in [0.4, 0.5) is 0 Å². The SMILES string of the molecule is CO[C@@H]1O[C@H](CO[C@H]2O[C@H](CO)[C@@H](O)[C@H](O)[C@H]2O)[C@H](O)[C@H](O)[C@H]1O. The molecule has 0 spiro atoms. The summed E-state index contributed by atoms with van der Waals surface area (Å²) in [6.45, 7) is -0.989. The highest BCUT2D eigenvalue weighted by molar-refractivity contribution is 4.91. The second-order valence-corrected chi connectivity index (χ2v) is 5.78. The summed E-state index contributed by atoms with van der Waals surface area (Å²) in [5.41, 5.74) is 0. The van der Waals surface area contributed by atoms with E-state index in [-0.39, 0.29) is 6.61 Å². The van der Waals surface area contributed by atoms with Crippen LogP contribution in [0, 0.1) is 0 Å². The van der Waals surface area contributed by atoms with Gasteiger partial charge in [0.1, 0.15) is 48.8 Å². The quantitative estimate of drug-likeness (QED) is 0.251. The highest BCUT2D eigenvalue weighted by Gasteiger charge is 2.47. The van der Waals surface area contributed by atoms with Gasteiger partial charge < -0.3 is 54.7 Å². The van der Waals surface area contributed by atoms with E-state index in [9.17, 15) is 30.6 Å². The molecular weight excluding hydrogens is 332 g/mol. The van der Waals surface area contributed by atoms with Gasteiger partial charge in [-0.05, 0) is 0 Å². The minimum absolute atomic E-state index is 0.381. The van der Waals surface area contributed by atoms with E-state index in [2.05, 4.69) is 0 Å². The van der Waals surface area contributed by atoms with Gasteiger partial charge in [0, 0.05) is 7.11 Å². The smallest absolute Gasteiger partial charge is 0.186 e. The van der Waals surface area contributed by atoms with Gasteiger partial charge in [0.15, 0.2) is 12.6 Å². The van der Waals surface area contributed by atoms with E-state index in [0.29, 0.717) is 0 Å². The Labute approximate surface area is 137 Å². The number of hydrogen-bond donors (Lipinski definition) is 7. The Hall–Kier alpha value is -0.440. The van der Waals surface area contributed by atoms with Crippen molar-refractivity contribution >= 4 is 0 Å². The molecule has 0 aromatic heterocycles. The van der Waals surface area contributed by atoms with Gasteiger partial charge >= 0.3 is 0 Å². The normalized spacial score (nSPS) is 50.0. The summed E-state index contributed by atoms with van der Waals surface area (Å²) in [5, 5.41) is 67.6. The summed E-state index contributed by atoms with van der Waals surface area (Å²) >= 11 is 0. The summed E-state index contributed by atoms with van der Waals surface area (Å²) in [6.07, 6.45) is -14.0. The number of ether oxygens (including phenoxy) is 4.